The van der Waals surface area contributed by atoms with E-state index in [0.717, 1.165) is 6.42 Å². The number of rotatable bonds is 10. The maximum Gasteiger partial charge on any atom is 0.222 e. The molecule has 0 aromatic rings. The summed E-state index contributed by atoms with van der Waals surface area (Å²) in [5, 5.41) is 5.29. The highest BCUT2D eigenvalue weighted by Crippen LogP contribution is 1.93. The number of amides is 2. The molecule has 0 saturated heterocycles. The van der Waals surface area contributed by atoms with E-state index in [9.17, 15) is 9.59 Å². The molecule has 0 atom stereocenters. The maximum absolute atomic E-state index is 11.2. The predicted octanol–water partition coefficient (Wildman–Crippen LogP) is 0.301. The lowest BCUT2D eigenvalue weighted by atomic mass is 10.2. The molecular weight excluding hydrogens is 208 g/mol. The van der Waals surface area contributed by atoms with Gasteiger partial charge in [-0.3, -0.25) is 9.59 Å². The molecule has 5 nitrogen and oxygen atoms in total. The first-order valence-electron chi connectivity index (χ1n) is 5.68. The Labute approximate surface area is 96.9 Å². The second kappa shape index (κ2) is 10.4. The van der Waals surface area contributed by atoms with Crippen molar-refractivity contribution < 1.29 is 14.3 Å². The van der Waals surface area contributed by atoms with Crippen molar-refractivity contribution in [1.82, 2.24) is 10.6 Å². The molecule has 0 spiro atoms. The molecule has 0 aliphatic rings. The lowest BCUT2D eigenvalue weighted by Crippen LogP contribution is -2.27. The highest BCUT2D eigenvalue weighted by atomic mass is 16.5. The molecule has 0 aliphatic carbocycles. The standard InChI is InChI=1S/C11H22N2O3/c1-10(2)8-16-7-4-11(15)13-6-3-5-12-9-14/h9-10H,3-8H2,1-2H3,(H,12,14)(H,13,15). The Morgan fingerprint density at radius 3 is 2.75 bits per heavy atom. The molecular formula is C11H22N2O3. The number of ether oxygens (including phenoxy) is 1. The fourth-order valence-corrected chi connectivity index (χ4v) is 1.05. The second-order valence-corrected chi connectivity index (χ2v) is 3.99. The summed E-state index contributed by atoms with van der Waals surface area (Å²) in [5.41, 5.74) is 0. The van der Waals surface area contributed by atoms with Gasteiger partial charge in [-0.05, 0) is 12.3 Å². The van der Waals surface area contributed by atoms with E-state index in [1.54, 1.807) is 0 Å². The Morgan fingerprint density at radius 1 is 1.38 bits per heavy atom. The number of hydrogen-bond donors (Lipinski definition) is 2. The second-order valence-electron chi connectivity index (χ2n) is 3.99. The van der Waals surface area contributed by atoms with Crippen LogP contribution >= 0.6 is 0 Å². The van der Waals surface area contributed by atoms with Crippen molar-refractivity contribution >= 4 is 12.3 Å². The third-order valence-corrected chi connectivity index (χ3v) is 1.83. The van der Waals surface area contributed by atoms with Crippen LogP contribution in [-0.4, -0.2) is 38.6 Å². The van der Waals surface area contributed by atoms with Gasteiger partial charge in [0.25, 0.3) is 0 Å². The van der Waals surface area contributed by atoms with E-state index in [1.807, 2.05) is 0 Å². The minimum absolute atomic E-state index is 0.00476. The molecule has 0 aromatic carbocycles. The summed E-state index contributed by atoms with van der Waals surface area (Å²) in [7, 11) is 0. The van der Waals surface area contributed by atoms with E-state index in [-0.39, 0.29) is 5.91 Å². The van der Waals surface area contributed by atoms with Gasteiger partial charge in [0.05, 0.1) is 6.61 Å². The van der Waals surface area contributed by atoms with Gasteiger partial charge in [-0.25, -0.2) is 0 Å². The van der Waals surface area contributed by atoms with Crippen LogP contribution in [-0.2, 0) is 14.3 Å². The number of carbonyl (C=O) groups is 2. The van der Waals surface area contributed by atoms with Gasteiger partial charge in [0.15, 0.2) is 0 Å². The number of nitrogens with one attached hydrogen (secondary N) is 2. The monoisotopic (exact) mass is 230 g/mol. The summed E-state index contributed by atoms with van der Waals surface area (Å²) in [6.45, 7) is 6.48. The Morgan fingerprint density at radius 2 is 2.12 bits per heavy atom. The average Bonchev–Trinajstić information content (AvgIpc) is 2.24. The first kappa shape index (κ1) is 14.9. The maximum atomic E-state index is 11.2. The van der Waals surface area contributed by atoms with Crippen LogP contribution in [0.25, 0.3) is 0 Å². The lowest BCUT2D eigenvalue weighted by molar-refractivity contribution is -0.122. The summed E-state index contributed by atoms with van der Waals surface area (Å²) in [6, 6.07) is 0. The zero-order valence-electron chi connectivity index (χ0n) is 10.1. The average molecular weight is 230 g/mol. The molecule has 0 unspecified atom stereocenters. The normalized spacial score (nSPS) is 10.2. The van der Waals surface area contributed by atoms with Crippen LogP contribution < -0.4 is 10.6 Å². The van der Waals surface area contributed by atoms with Crippen LogP contribution in [0, 0.1) is 5.92 Å². The SMILES string of the molecule is CC(C)COCCC(=O)NCCCNC=O. The lowest BCUT2D eigenvalue weighted by Gasteiger charge is -2.07. The van der Waals surface area contributed by atoms with E-state index < -0.39 is 0 Å². The fourth-order valence-electron chi connectivity index (χ4n) is 1.05. The molecule has 0 aromatic heterocycles. The van der Waals surface area contributed by atoms with Gasteiger partial charge in [0.2, 0.25) is 12.3 Å². The van der Waals surface area contributed by atoms with E-state index >= 15 is 0 Å². The minimum Gasteiger partial charge on any atom is -0.381 e. The summed E-state index contributed by atoms with van der Waals surface area (Å²) in [6.07, 6.45) is 1.80. The van der Waals surface area contributed by atoms with Gasteiger partial charge >= 0.3 is 0 Å². The van der Waals surface area contributed by atoms with Gasteiger partial charge in [-0.15, -0.1) is 0 Å². The van der Waals surface area contributed by atoms with Crippen LogP contribution in [0.2, 0.25) is 0 Å². The van der Waals surface area contributed by atoms with Crippen LogP contribution in [0.5, 0.6) is 0 Å². The van der Waals surface area contributed by atoms with Gasteiger partial charge < -0.3 is 15.4 Å². The van der Waals surface area contributed by atoms with Crippen molar-refractivity contribution in [2.24, 2.45) is 5.92 Å². The molecule has 94 valence electrons. The molecule has 0 fully saturated rings. The van der Waals surface area contributed by atoms with Crippen molar-refractivity contribution in [3.8, 4) is 0 Å². The molecule has 2 N–H and O–H groups in total. The predicted molar refractivity (Wildman–Crippen MR) is 62.0 cm³/mol. The summed E-state index contributed by atoms with van der Waals surface area (Å²) in [4.78, 5) is 21.2. The summed E-state index contributed by atoms with van der Waals surface area (Å²) < 4.78 is 5.29. The van der Waals surface area contributed by atoms with Gasteiger partial charge in [-0.2, -0.15) is 0 Å². The Bertz CT molecular complexity index is 196. The molecule has 0 saturated carbocycles. The molecule has 2 amide bonds. The van der Waals surface area contributed by atoms with E-state index in [1.165, 1.54) is 0 Å². The molecule has 0 rings (SSSR count). The van der Waals surface area contributed by atoms with Crippen LogP contribution in [0.3, 0.4) is 0 Å². The Kier molecular flexibility index (Phi) is 9.70. The topological polar surface area (TPSA) is 67.4 Å². The van der Waals surface area contributed by atoms with E-state index in [4.69, 9.17) is 4.74 Å². The van der Waals surface area contributed by atoms with Crippen molar-refractivity contribution in [3.63, 3.8) is 0 Å². The van der Waals surface area contributed by atoms with E-state index in [2.05, 4.69) is 24.5 Å². The van der Waals surface area contributed by atoms with Crippen molar-refractivity contribution in [2.75, 3.05) is 26.3 Å². The quantitative estimate of drug-likeness (QED) is 0.419. The van der Waals surface area contributed by atoms with Gasteiger partial charge in [0, 0.05) is 26.1 Å². The van der Waals surface area contributed by atoms with Crippen molar-refractivity contribution in [3.05, 3.63) is 0 Å². The zero-order chi connectivity index (χ0) is 12.2. The Balaban J connectivity index is 3.21. The molecule has 0 radical (unpaired) electrons. The molecule has 16 heavy (non-hydrogen) atoms. The molecule has 5 heteroatoms. The van der Waals surface area contributed by atoms with Gasteiger partial charge in [0.1, 0.15) is 0 Å². The largest absolute Gasteiger partial charge is 0.381 e. The van der Waals surface area contributed by atoms with Crippen LogP contribution in [0.1, 0.15) is 26.7 Å². The fraction of sp³-hybridized carbons (Fsp3) is 0.818. The van der Waals surface area contributed by atoms with Crippen LogP contribution in [0.15, 0.2) is 0 Å². The van der Waals surface area contributed by atoms with E-state index in [0.29, 0.717) is 45.1 Å². The van der Waals surface area contributed by atoms with Crippen molar-refractivity contribution in [1.29, 1.82) is 0 Å². The third kappa shape index (κ3) is 11.0. The summed E-state index contributed by atoms with van der Waals surface area (Å²) >= 11 is 0. The number of carbonyl (C=O) groups excluding carboxylic acids is 2. The minimum atomic E-state index is -0.00476. The van der Waals surface area contributed by atoms with Crippen LogP contribution in [0.4, 0.5) is 0 Å². The molecule has 0 aliphatic heterocycles. The first-order valence-corrected chi connectivity index (χ1v) is 5.68. The molecule has 0 heterocycles. The van der Waals surface area contributed by atoms with Crippen molar-refractivity contribution in [2.45, 2.75) is 26.7 Å². The first-order chi connectivity index (χ1) is 7.66. The highest BCUT2D eigenvalue weighted by Gasteiger charge is 2.00. The Hall–Kier alpha value is -1.10. The van der Waals surface area contributed by atoms with Gasteiger partial charge in [-0.1, -0.05) is 13.8 Å². The summed E-state index contributed by atoms with van der Waals surface area (Å²) in [5.74, 6) is 0.493. The molecule has 0 bridgehead atoms. The number of hydrogen-bond acceptors (Lipinski definition) is 3. The smallest absolute Gasteiger partial charge is 0.222 e. The third-order valence-electron chi connectivity index (χ3n) is 1.83. The highest BCUT2D eigenvalue weighted by molar-refractivity contribution is 5.75. The zero-order valence-corrected chi connectivity index (χ0v) is 10.1.